The molecule has 0 atom stereocenters. The van der Waals surface area contributed by atoms with Crippen LogP contribution in [0.15, 0.2) is 35.3 Å². The first-order valence-electron chi connectivity index (χ1n) is 6.49. The lowest BCUT2D eigenvalue weighted by molar-refractivity contribution is -0.116. The third-order valence-corrected chi connectivity index (χ3v) is 2.89. The predicted octanol–water partition coefficient (Wildman–Crippen LogP) is 2.52. The molecule has 1 saturated heterocycles. The number of hydrazine groups is 1. The highest BCUT2D eigenvalue weighted by atomic mass is 16.2. The van der Waals surface area contributed by atoms with Gasteiger partial charge in [0.05, 0.1) is 12.1 Å². The molecule has 1 N–H and O–H groups in total. The van der Waals surface area contributed by atoms with Crippen molar-refractivity contribution >= 4 is 17.4 Å². The number of aliphatic imine (C=N–C) groups is 1. The van der Waals surface area contributed by atoms with Crippen molar-refractivity contribution in [2.24, 2.45) is 4.99 Å². The monoisotopic (exact) mass is 245 g/mol. The maximum Gasteiger partial charge on any atom is 0.253 e. The van der Waals surface area contributed by atoms with Crippen molar-refractivity contribution in [2.45, 2.75) is 32.6 Å². The van der Waals surface area contributed by atoms with Crippen molar-refractivity contribution in [3.8, 4) is 0 Å². The van der Waals surface area contributed by atoms with Gasteiger partial charge in [0.1, 0.15) is 5.84 Å². The first kappa shape index (κ1) is 12.6. The molecule has 0 unspecified atom stereocenters. The maximum atomic E-state index is 11.9. The van der Waals surface area contributed by atoms with E-state index in [2.05, 4.69) is 17.3 Å². The highest BCUT2D eigenvalue weighted by molar-refractivity contribution is 6.13. The zero-order valence-electron chi connectivity index (χ0n) is 10.7. The van der Waals surface area contributed by atoms with Gasteiger partial charge in [-0.1, -0.05) is 38.0 Å². The van der Waals surface area contributed by atoms with Gasteiger partial charge in [-0.2, -0.15) is 0 Å². The van der Waals surface area contributed by atoms with Crippen molar-refractivity contribution in [3.63, 3.8) is 0 Å². The second-order valence-electron chi connectivity index (χ2n) is 4.39. The molecule has 4 heteroatoms. The lowest BCUT2D eigenvalue weighted by Crippen LogP contribution is -2.35. The van der Waals surface area contributed by atoms with Crippen molar-refractivity contribution < 1.29 is 4.79 Å². The van der Waals surface area contributed by atoms with Gasteiger partial charge < -0.3 is 0 Å². The molecule has 2 rings (SSSR count). The first-order chi connectivity index (χ1) is 8.81. The van der Waals surface area contributed by atoms with Crippen LogP contribution >= 0.6 is 0 Å². The number of benzene rings is 1. The highest BCUT2D eigenvalue weighted by Crippen LogP contribution is 2.16. The molecule has 0 radical (unpaired) electrons. The minimum Gasteiger partial charge on any atom is -0.278 e. The van der Waals surface area contributed by atoms with E-state index >= 15 is 0 Å². The Morgan fingerprint density at radius 2 is 2.06 bits per heavy atom. The third-order valence-electron chi connectivity index (χ3n) is 2.89. The van der Waals surface area contributed by atoms with E-state index in [1.54, 1.807) is 5.01 Å². The fourth-order valence-corrected chi connectivity index (χ4v) is 1.91. The molecule has 1 heterocycles. The highest BCUT2D eigenvalue weighted by Gasteiger charge is 2.26. The molecule has 0 aromatic heterocycles. The van der Waals surface area contributed by atoms with Gasteiger partial charge in [-0.3, -0.25) is 15.2 Å². The Morgan fingerprint density at radius 3 is 2.78 bits per heavy atom. The van der Waals surface area contributed by atoms with Crippen LogP contribution in [-0.4, -0.2) is 18.3 Å². The average molecular weight is 245 g/mol. The number of carbonyl (C=O) groups is 1. The molecule has 1 aromatic carbocycles. The molecule has 18 heavy (non-hydrogen) atoms. The Bertz CT molecular complexity index is 428. The number of nitrogens with zero attached hydrogens (tertiary/aromatic N) is 2. The topological polar surface area (TPSA) is 44.7 Å². The molecular weight excluding hydrogens is 226 g/mol. The normalized spacial score (nSPS) is 17.3. The standard InChI is InChI=1S/C14H19N3O/c1-2-3-7-10-15-13-11-14(18)17(16-13)12-8-5-4-6-9-12/h4-6,8-9H,2-3,7,10-11H2,1H3,(H,15,16). The van der Waals surface area contributed by atoms with Crippen molar-refractivity contribution in [1.82, 2.24) is 5.43 Å². The summed E-state index contributed by atoms with van der Waals surface area (Å²) in [5.41, 5.74) is 3.93. The van der Waals surface area contributed by atoms with E-state index in [1.165, 1.54) is 12.8 Å². The minimum absolute atomic E-state index is 0.0513. The Labute approximate surface area is 108 Å². The number of hydrogen-bond donors (Lipinski definition) is 1. The number of hydrogen-bond acceptors (Lipinski definition) is 2. The first-order valence-corrected chi connectivity index (χ1v) is 6.49. The average Bonchev–Trinajstić information content (AvgIpc) is 2.77. The van der Waals surface area contributed by atoms with E-state index in [0.717, 1.165) is 24.5 Å². The minimum atomic E-state index is 0.0513. The van der Waals surface area contributed by atoms with Gasteiger partial charge in [-0.25, -0.2) is 5.01 Å². The van der Waals surface area contributed by atoms with Crippen molar-refractivity contribution in [1.29, 1.82) is 0 Å². The fourth-order valence-electron chi connectivity index (χ4n) is 1.91. The van der Waals surface area contributed by atoms with Crippen LogP contribution < -0.4 is 10.4 Å². The third kappa shape index (κ3) is 3.09. The Balaban J connectivity index is 1.95. The molecular formula is C14H19N3O. The van der Waals surface area contributed by atoms with E-state index in [1.807, 2.05) is 30.3 Å². The number of para-hydroxylation sites is 1. The van der Waals surface area contributed by atoms with Gasteiger partial charge in [0.15, 0.2) is 0 Å². The SMILES string of the molecule is CCCCCN=C1CC(=O)N(c2ccccc2)N1. The van der Waals surface area contributed by atoms with E-state index in [9.17, 15) is 4.79 Å². The molecule has 1 fully saturated rings. The predicted molar refractivity (Wildman–Crippen MR) is 73.5 cm³/mol. The van der Waals surface area contributed by atoms with Gasteiger partial charge in [0.2, 0.25) is 0 Å². The Hall–Kier alpha value is -1.84. The molecule has 4 nitrogen and oxygen atoms in total. The van der Waals surface area contributed by atoms with Crippen LogP contribution in [0, 0.1) is 0 Å². The largest absolute Gasteiger partial charge is 0.278 e. The molecule has 0 spiro atoms. The summed E-state index contributed by atoms with van der Waals surface area (Å²) < 4.78 is 0. The number of amidine groups is 1. The van der Waals surface area contributed by atoms with E-state index in [-0.39, 0.29) is 5.91 Å². The molecule has 0 aliphatic carbocycles. The maximum absolute atomic E-state index is 11.9. The summed E-state index contributed by atoms with van der Waals surface area (Å²) in [5.74, 6) is 0.829. The second kappa shape index (κ2) is 6.19. The zero-order valence-corrected chi connectivity index (χ0v) is 10.7. The van der Waals surface area contributed by atoms with Crippen molar-refractivity contribution in [3.05, 3.63) is 30.3 Å². The van der Waals surface area contributed by atoms with Gasteiger partial charge >= 0.3 is 0 Å². The van der Waals surface area contributed by atoms with Crippen LogP contribution in [0.25, 0.3) is 0 Å². The summed E-state index contributed by atoms with van der Waals surface area (Å²) in [5, 5.41) is 1.57. The number of carbonyl (C=O) groups excluding carboxylic acids is 1. The molecule has 96 valence electrons. The summed E-state index contributed by atoms with van der Waals surface area (Å²) in [4.78, 5) is 16.3. The van der Waals surface area contributed by atoms with E-state index in [0.29, 0.717) is 6.42 Å². The van der Waals surface area contributed by atoms with Gasteiger partial charge in [0, 0.05) is 6.54 Å². The lowest BCUT2D eigenvalue weighted by Gasteiger charge is -2.15. The van der Waals surface area contributed by atoms with Gasteiger partial charge in [-0.05, 0) is 18.6 Å². The van der Waals surface area contributed by atoms with Crippen LogP contribution in [-0.2, 0) is 4.79 Å². The summed E-state index contributed by atoms with van der Waals surface area (Å²) >= 11 is 0. The molecule has 1 aliphatic heterocycles. The lowest BCUT2D eigenvalue weighted by atomic mass is 10.2. The number of unbranched alkanes of at least 4 members (excludes halogenated alkanes) is 2. The zero-order chi connectivity index (χ0) is 12.8. The number of anilines is 1. The molecule has 1 aliphatic rings. The molecule has 0 bridgehead atoms. The second-order valence-corrected chi connectivity index (χ2v) is 4.39. The van der Waals surface area contributed by atoms with Crippen LogP contribution in [0.2, 0.25) is 0 Å². The summed E-state index contributed by atoms with van der Waals surface area (Å²) in [6, 6.07) is 9.58. The quantitative estimate of drug-likeness (QED) is 0.810. The van der Waals surface area contributed by atoms with Gasteiger partial charge in [-0.15, -0.1) is 0 Å². The van der Waals surface area contributed by atoms with Gasteiger partial charge in [0.25, 0.3) is 5.91 Å². The summed E-state index contributed by atoms with van der Waals surface area (Å²) in [7, 11) is 0. The van der Waals surface area contributed by atoms with E-state index in [4.69, 9.17) is 0 Å². The van der Waals surface area contributed by atoms with Crippen LogP contribution in [0.3, 0.4) is 0 Å². The molecule has 0 saturated carbocycles. The van der Waals surface area contributed by atoms with Crippen LogP contribution in [0.5, 0.6) is 0 Å². The van der Waals surface area contributed by atoms with Crippen molar-refractivity contribution in [2.75, 3.05) is 11.6 Å². The molecule has 1 aromatic rings. The van der Waals surface area contributed by atoms with Crippen LogP contribution in [0.4, 0.5) is 5.69 Å². The summed E-state index contributed by atoms with van der Waals surface area (Å²) in [6.07, 6.45) is 3.84. The number of rotatable bonds is 5. The summed E-state index contributed by atoms with van der Waals surface area (Å²) in [6.45, 7) is 2.97. The fraction of sp³-hybridized carbons (Fsp3) is 0.429. The molecule has 1 amide bonds. The van der Waals surface area contributed by atoms with E-state index < -0.39 is 0 Å². The smallest absolute Gasteiger partial charge is 0.253 e. The number of amides is 1. The Kier molecular flexibility index (Phi) is 4.34. The van der Waals surface area contributed by atoms with Crippen LogP contribution in [0.1, 0.15) is 32.6 Å². The number of nitrogens with one attached hydrogen (secondary N) is 1. The Morgan fingerprint density at radius 1 is 1.28 bits per heavy atom.